The van der Waals surface area contributed by atoms with Crippen molar-refractivity contribution in [3.8, 4) is 34.1 Å². The van der Waals surface area contributed by atoms with Crippen LogP contribution in [0.2, 0.25) is 0 Å². The summed E-state index contributed by atoms with van der Waals surface area (Å²) >= 11 is 0. The van der Waals surface area contributed by atoms with Gasteiger partial charge in [-0.3, -0.25) is 0 Å². The molecular weight excluding hydrogens is 338 g/mol. The van der Waals surface area contributed by atoms with Gasteiger partial charge in [0.1, 0.15) is 6.61 Å². The van der Waals surface area contributed by atoms with Crippen LogP contribution in [-0.2, 0) is 11.3 Å². The molecule has 0 radical (unpaired) electrons. The number of nitrogens with zero attached hydrogens (tertiary/aromatic N) is 1. The van der Waals surface area contributed by atoms with Crippen LogP contribution in [-0.4, -0.2) is 24.5 Å². The minimum atomic E-state index is -0.375. The largest absolute Gasteiger partial charge is 0.455 e. The highest BCUT2D eigenvalue weighted by Crippen LogP contribution is 2.44. The standard InChI is InChI=1S/C19H11NO6/c21-19-18-12(6-22-19)20-11-5-16-15(25-8-26-16)4-10(11)17(18)9-1-2-13-14(3-9)24-7-23-13/h1-5H,6-8H2. The number of cyclic esters (lactones) is 1. The minimum Gasteiger partial charge on any atom is -0.455 e. The molecule has 2 aromatic carbocycles. The average molecular weight is 349 g/mol. The van der Waals surface area contributed by atoms with Crippen LogP contribution in [0.25, 0.3) is 22.0 Å². The fourth-order valence-corrected chi connectivity index (χ4v) is 3.59. The minimum absolute atomic E-state index is 0.163. The maximum Gasteiger partial charge on any atom is 0.341 e. The van der Waals surface area contributed by atoms with Gasteiger partial charge in [0.25, 0.3) is 0 Å². The molecule has 6 rings (SSSR count). The smallest absolute Gasteiger partial charge is 0.341 e. The van der Waals surface area contributed by atoms with Crippen molar-refractivity contribution in [2.75, 3.05) is 13.6 Å². The molecule has 3 aliphatic rings. The van der Waals surface area contributed by atoms with Crippen LogP contribution in [0.15, 0.2) is 30.3 Å². The Balaban J connectivity index is 1.70. The van der Waals surface area contributed by atoms with E-state index in [1.165, 1.54) is 0 Å². The Morgan fingerprint density at radius 1 is 0.769 bits per heavy atom. The van der Waals surface area contributed by atoms with Crippen LogP contribution >= 0.6 is 0 Å². The Hall–Kier alpha value is -3.48. The van der Waals surface area contributed by atoms with Gasteiger partial charge < -0.3 is 23.7 Å². The number of hydrogen-bond acceptors (Lipinski definition) is 7. The van der Waals surface area contributed by atoms with Crippen molar-refractivity contribution in [1.29, 1.82) is 0 Å². The van der Waals surface area contributed by atoms with Gasteiger partial charge >= 0.3 is 5.97 Å². The molecule has 1 aromatic heterocycles. The summed E-state index contributed by atoms with van der Waals surface area (Å²) < 4.78 is 27.1. The van der Waals surface area contributed by atoms with Gasteiger partial charge in [-0.2, -0.15) is 0 Å². The third-order valence-electron chi connectivity index (χ3n) is 4.76. The zero-order valence-electron chi connectivity index (χ0n) is 13.4. The van der Waals surface area contributed by atoms with E-state index in [-0.39, 0.29) is 26.2 Å². The maximum absolute atomic E-state index is 12.4. The van der Waals surface area contributed by atoms with Gasteiger partial charge in [0.2, 0.25) is 13.6 Å². The number of carbonyl (C=O) groups is 1. The number of esters is 1. The first-order chi connectivity index (χ1) is 12.8. The van der Waals surface area contributed by atoms with Crippen LogP contribution in [0.3, 0.4) is 0 Å². The second-order valence-corrected chi connectivity index (χ2v) is 6.18. The number of carbonyl (C=O) groups excluding carboxylic acids is 1. The van der Waals surface area contributed by atoms with Crippen LogP contribution in [0, 0.1) is 0 Å². The second kappa shape index (κ2) is 4.78. The fraction of sp³-hybridized carbons (Fsp3) is 0.158. The SMILES string of the molecule is O=C1OCc2nc3cc4c(cc3c(-c3ccc5c(c3)OCO5)c21)OCO4. The topological polar surface area (TPSA) is 76.1 Å². The molecule has 7 heteroatoms. The number of rotatable bonds is 1. The molecule has 3 aliphatic heterocycles. The summed E-state index contributed by atoms with van der Waals surface area (Å²) in [6, 6.07) is 9.30. The summed E-state index contributed by atoms with van der Waals surface area (Å²) in [7, 11) is 0. The van der Waals surface area contributed by atoms with Gasteiger partial charge in [-0.1, -0.05) is 6.07 Å². The highest BCUT2D eigenvalue weighted by atomic mass is 16.7. The fourth-order valence-electron chi connectivity index (χ4n) is 3.59. The van der Waals surface area contributed by atoms with Crippen molar-refractivity contribution in [2.24, 2.45) is 0 Å². The summed E-state index contributed by atoms with van der Waals surface area (Å²) in [6.07, 6.45) is 0. The van der Waals surface area contributed by atoms with Crippen molar-refractivity contribution in [3.05, 3.63) is 41.6 Å². The third kappa shape index (κ3) is 1.77. The van der Waals surface area contributed by atoms with E-state index in [0.29, 0.717) is 34.3 Å². The number of hydrogen-bond donors (Lipinski definition) is 0. The molecule has 0 saturated carbocycles. The zero-order chi connectivity index (χ0) is 17.3. The summed E-state index contributed by atoms with van der Waals surface area (Å²) in [5, 5.41) is 0.797. The monoisotopic (exact) mass is 349 g/mol. The number of pyridine rings is 1. The number of fused-ring (bicyclic) bond motifs is 4. The molecule has 128 valence electrons. The highest BCUT2D eigenvalue weighted by Gasteiger charge is 2.31. The number of aromatic nitrogens is 1. The lowest BCUT2D eigenvalue weighted by Gasteiger charge is -2.12. The zero-order valence-corrected chi connectivity index (χ0v) is 13.4. The van der Waals surface area contributed by atoms with Crippen LogP contribution in [0.4, 0.5) is 0 Å². The summed E-state index contributed by atoms with van der Waals surface area (Å²) in [5.74, 6) is 2.23. The van der Waals surface area contributed by atoms with Gasteiger partial charge in [-0.25, -0.2) is 9.78 Å². The Kier molecular flexibility index (Phi) is 2.53. The lowest BCUT2D eigenvalue weighted by molar-refractivity contribution is 0.0534. The van der Waals surface area contributed by atoms with Gasteiger partial charge in [-0.15, -0.1) is 0 Å². The quantitative estimate of drug-likeness (QED) is 0.625. The van der Waals surface area contributed by atoms with Gasteiger partial charge in [0, 0.05) is 17.0 Å². The molecule has 26 heavy (non-hydrogen) atoms. The predicted octanol–water partition coefficient (Wildman–Crippen LogP) is 3.03. The summed E-state index contributed by atoms with van der Waals surface area (Å²) in [4.78, 5) is 17.0. The number of ether oxygens (including phenoxy) is 5. The molecule has 0 spiro atoms. The summed E-state index contributed by atoms with van der Waals surface area (Å²) in [5.41, 5.74) is 3.41. The molecule has 0 saturated heterocycles. The van der Waals surface area contributed by atoms with E-state index in [9.17, 15) is 4.79 Å². The molecule has 3 aromatic rings. The molecule has 0 atom stereocenters. The van der Waals surface area contributed by atoms with Crippen LogP contribution < -0.4 is 18.9 Å². The Bertz CT molecular complexity index is 1120. The van der Waals surface area contributed by atoms with Gasteiger partial charge in [0.05, 0.1) is 16.8 Å². The first-order valence-electron chi connectivity index (χ1n) is 8.11. The van der Waals surface area contributed by atoms with E-state index in [0.717, 1.165) is 22.0 Å². The van der Waals surface area contributed by atoms with E-state index in [1.807, 2.05) is 30.3 Å². The lowest BCUT2D eigenvalue weighted by Crippen LogP contribution is -2.00. The van der Waals surface area contributed by atoms with Crippen molar-refractivity contribution in [1.82, 2.24) is 4.98 Å². The molecular formula is C19H11NO6. The highest BCUT2D eigenvalue weighted by molar-refractivity contribution is 6.09. The Labute approximate surface area is 147 Å². The third-order valence-corrected chi connectivity index (χ3v) is 4.76. The van der Waals surface area contributed by atoms with Crippen LogP contribution in [0.1, 0.15) is 16.1 Å². The first-order valence-corrected chi connectivity index (χ1v) is 8.11. The van der Waals surface area contributed by atoms with E-state index in [2.05, 4.69) is 4.98 Å². The van der Waals surface area contributed by atoms with Gasteiger partial charge in [0.15, 0.2) is 23.0 Å². The normalized spacial score (nSPS) is 16.1. The molecule has 7 nitrogen and oxygen atoms in total. The Morgan fingerprint density at radius 2 is 1.50 bits per heavy atom. The van der Waals surface area contributed by atoms with Crippen molar-refractivity contribution in [3.63, 3.8) is 0 Å². The van der Waals surface area contributed by atoms with E-state index in [4.69, 9.17) is 23.7 Å². The van der Waals surface area contributed by atoms with Crippen molar-refractivity contribution in [2.45, 2.75) is 6.61 Å². The average Bonchev–Trinajstić information content (AvgIpc) is 3.37. The maximum atomic E-state index is 12.4. The van der Waals surface area contributed by atoms with Crippen molar-refractivity contribution >= 4 is 16.9 Å². The molecule has 0 N–H and O–H groups in total. The molecule has 0 bridgehead atoms. The van der Waals surface area contributed by atoms with Crippen molar-refractivity contribution < 1.29 is 28.5 Å². The second-order valence-electron chi connectivity index (χ2n) is 6.18. The predicted molar refractivity (Wildman–Crippen MR) is 88.5 cm³/mol. The number of benzene rings is 2. The molecule has 0 unspecified atom stereocenters. The molecule has 4 heterocycles. The molecule has 0 aliphatic carbocycles. The van der Waals surface area contributed by atoms with E-state index >= 15 is 0 Å². The molecule has 0 amide bonds. The lowest BCUT2D eigenvalue weighted by atomic mass is 9.94. The van der Waals surface area contributed by atoms with E-state index in [1.54, 1.807) is 0 Å². The Morgan fingerprint density at radius 3 is 2.35 bits per heavy atom. The first kappa shape index (κ1) is 13.8. The van der Waals surface area contributed by atoms with Gasteiger partial charge in [-0.05, 0) is 23.8 Å². The summed E-state index contributed by atoms with van der Waals surface area (Å²) in [6.45, 7) is 0.525. The van der Waals surface area contributed by atoms with E-state index < -0.39 is 0 Å². The van der Waals surface area contributed by atoms with Crippen LogP contribution in [0.5, 0.6) is 23.0 Å². The molecule has 0 fully saturated rings.